The number of nitro benzene ring substituents is 1. The van der Waals surface area contributed by atoms with Gasteiger partial charge in [0.2, 0.25) is 0 Å². The average molecular weight is 327 g/mol. The molecule has 0 aliphatic carbocycles. The van der Waals surface area contributed by atoms with E-state index in [0.29, 0.717) is 0 Å². The van der Waals surface area contributed by atoms with Gasteiger partial charge in [-0.2, -0.15) is 0 Å². The third-order valence-corrected chi connectivity index (χ3v) is 4.60. The highest BCUT2D eigenvalue weighted by atomic mass is 16.6. The maximum Gasteiger partial charge on any atom is 0.292 e. The average Bonchev–Trinajstić information content (AvgIpc) is 2.57. The molecule has 0 spiro atoms. The maximum atomic E-state index is 10.9. The molecule has 7 heteroatoms. The molecule has 126 valence electrons. The van der Waals surface area contributed by atoms with Gasteiger partial charge in [0.25, 0.3) is 5.69 Å². The van der Waals surface area contributed by atoms with Crippen molar-refractivity contribution in [3.05, 3.63) is 51.7 Å². The van der Waals surface area contributed by atoms with Crippen molar-refractivity contribution in [1.29, 1.82) is 0 Å². The summed E-state index contributed by atoms with van der Waals surface area (Å²) in [4.78, 5) is 19.4. The first-order valence-electron chi connectivity index (χ1n) is 7.93. The minimum Gasteiger partial charge on any atom is -0.393 e. The minimum absolute atomic E-state index is 0.0445. The van der Waals surface area contributed by atoms with Gasteiger partial charge in [0.1, 0.15) is 11.5 Å². The van der Waals surface area contributed by atoms with Crippen molar-refractivity contribution in [2.75, 3.05) is 41.7 Å². The lowest BCUT2D eigenvalue weighted by Crippen LogP contribution is -2.47. The minimum atomic E-state index is -0.455. The molecule has 24 heavy (non-hydrogen) atoms. The van der Waals surface area contributed by atoms with Crippen molar-refractivity contribution >= 4 is 22.9 Å². The van der Waals surface area contributed by atoms with Crippen LogP contribution in [0.25, 0.3) is 0 Å². The highest BCUT2D eigenvalue weighted by Gasteiger charge is 2.21. The van der Waals surface area contributed by atoms with Crippen molar-refractivity contribution in [3.63, 3.8) is 0 Å². The number of piperazine rings is 1. The van der Waals surface area contributed by atoms with Crippen molar-refractivity contribution < 1.29 is 4.92 Å². The highest BCUT2D eigenvalue weighted by Crippen LogP contribution is 2.28. The fourth-order valence-corrected chi connectivity index (χ4v) is 3.02. The zero-order valence-electron chi connectivity index (χ0n) is 13.9. The molecule has 1 aliphatic rings. The number of hydrogen-bond donors (Lipinski definition) is 1. The lowest BCUT2D eigenvalue weighted by Gasteiger charge is -2.37. The molecule has 1 aromatic carbocycles. The molecule has 1 fully saturated rings. The summed E-state index contributed by atoms with van der Waals surface area (Å²) >= 11 is 0. The van der Waals surface area contributed by atoms with Gasteiger partial charge in [0.05, 0.1) is 4.92 Å². The standard InChI is InChI=1S/C17H21N5O2/c1-12-5-6-19-17(13(12)2)21-9-7-20(8-10-21)14-3-4-16(22(23)24)15(18)11-14/h3-6,11H,7-10,18H2,1-2H3. The molecule has 2 heterocycles. The molecule has 1 saturated heterocycles. The monoisotopic (exact) mass is 327 g/mol. The molecule has 0 amide bonds. The normalized spacial score (nSPS) is 14.8. The molecule has 0 saturated carbocycles. The number of nitrogens with zero attached hydrogens (tertiary/aromatic N) is 4. The van der Waals surface area contributed by atoms with Crippen LogP contribution < -0.4 is 15.5 Å². The van der Waals surface area contributed by atoms with Crippen LogP contribution in [0.4, 0.5) is 22.9 Å². The topological polar surface area (TPSA) is 88.5 Å². The summed E-state index contributed by atoms with van der Waals surface area (Å²) in [5.74, 6) is 1.04. The van der Waals surface area contributed by atoms with Crippen molar-refractivity contribution in [1.82, 2.24) is 4.98 Å². The first-order chi connectivity index (χ1) is 11.5. The largest absolute Gasteiger partial charge is 0.393 e. The van der Waals surface area contributed by atoms with Crippen LogP contribution >= 0.6 is 0 Å². The molecule has 3 rings (SSSR count). The molecule has 0 radical (unpaired) electrons. The number of hydrogen-bond acceptors (Lipinski definition) is 6. The van der Waals surface area contributed by atoms with E-state index in [1.165, 1.54) is 17.2 Å². The van der Waals surface area contributed by atoms with Crippen molar-refractivity contribution in [2.45, 2.75) is 13.8 Å². The van der Waals surface area contributed by atoms with Crippen LogP contribution in [0.1, 0.15) is 11.1 Å². The van der Waals surface area contributed by atoms with Crippen molar-refractivity contribution in [3.8, 4) is 0 Å². The van der Waals surface area contributed by atoms with E-state index >= 15 is 0 Å². The van der Waals surface area contributed by atoms with Gasteiger partial charge in [-0.05, 0) is 43.2 Å². The van der Waals surface area contributed by atoms with Gasteiger partial charge >= 0.3 is 0 Å². The van der Waals surface area contributed by atoms with Gasteiger partial charge < -0.3 is 15.5 Å². The van der Waals surface area contributed by atoms with Crippen LogP contribution in [0.2, 0.25) is 0 Å². The summed E-state index contributed by atoms with van der Waals surface area (Å²) in [6.07, 6.45) is 1.85. The Hall–Kier alpha value is -2.83. The van der Waals surface area contributed by atoms with Crippen LogP contribution in [0, 0.1) is 24.0 Å². The zero-order valence-corrected chi connectivity index (χ0v) is 13.9. The summed E-state index contributed by atoms with van der Waals surface area (Å²) in [5, 5.41) is 10.9. The van der Waals surface area contributed by atoms with Crippen LogP contribution in [0.5, 0.6) is 0 Å². The fourth-order valence-electron chi connectivity index (χ4n) is 3.02. The van der Waals surface area contributed by atoms with E-state index in [2.05, 4.69) is 28.6 Å². The number of nitrogens with two attached hydrogens (primary N) is 1. The van der Waals surface area contributed by atoms with Crippen LogP contribution in [-0.4, -0.2) is 36.1 Å². The Morgan fingerprint density at radius 2 is 1.79 bits per heavy atom. The third-order valence-electron chi connectivity index (χ3n) is 4.60. The molecular formula is C17H21N5O2. The molecular weight excluding hydrogens is 306 g/mol. The summed E-state index contributed by atoms with van der Waals surface area (Å²) < 4.78 is 0. The molecule has 2 N–H and O–H groups in total. The summed E-state index contributed by atoms with van der Waals surface area (Å²) in [7, 11) is 0. The number of anilines is 3. The Morgan fingerprint density at radius 3 is 2.42 bits per heavy atom. The number of nitro groups is 1. The van der Waals surface area contributed by atoms with Gasteiger partial charge in [0.15, 0.2) is 0 Å². The molecule has 1 aliphatic heterocycles. The Bertz CT molecular complexity index is 770. The van der Waals surface area contributed by atoms with Gasteiger partial charge in [-0.3, -0.25) is 10.1 Å². The predicted octanol–water partition coefficient (Wildman–Crippen LogP) is 2.52. The Labute approximate surface area is 140 Å². The second-order valence-corrected chi connectivity index (χ2v) is 6.05. The van der Waals surface area contributed by atoms with Crippen LogP contribution in [-0.2, 0) is 0 Å². The molecule has 7 nitrogen and oxygen atoms in total. The van der Waals surface area contributed by atoms with Gasteiger partial charge in [0, 0.05) is 44.1 Å². The Kier molecular flexibility index (Phi) is 4.24. The lowest BCUT2D eigenvalue weighted by molar-refractivity contribution is -0.383. The first kappa shape index (κ1) is 16.0. The molecule has 1 aromatic heterocycles. The number of nitrogen functional groups attached to an aromatic ring is 1. The number of aryl methyl sites for hydroxylation is 1. The second-order valence-electron chi connectivity index (χ2n) is 6.05. The quantitative estimate of drug-likeness (QED) is 0.529. The second kappa shape index (κ2) is 6.35. The zero-order chi connectivity index (χ0) is 17.3. The molecule has 0 unspecified atom stereocenters. The van der Waals surface area contributed by atoms with Gasteiger partial charge in [-0.15, -0.1) is 0 Å². The summed E-state index contributed by atoms with van der Waals surface area (Å²) in [6.45, 7) is 7.55. The van der Waals surface area contributed by atoms with E-state index < -0.39 is 4.92 Å². The highest BCUT2D eigenvalue weighted by molar-refractivity contribution is 5.67. The summed E-state index contributed by atoms with van der Waals surface area (Å²) in [5.41, 5.74) is 9.33. The number of benzene rings is 1. The van der Waals surface area contributed by atoms with Crippen LogP contribution in [0.3, 0.4) is 0 Å². The SMILES string of the molecule is Cc1ccnc(N2CCN(c3ccc([N+](=O)[O-])c(N)c3)CC2)c1C. The molecule has 0 bridgehead atoms. The number of pyridine rings is 1. The Morgan fingerprint density at radius 1 is 1.12 bits per heavy atom. The van der Waals surface area contributed by atoms with E-state index in [1.807, 2.05) is 12.3 Å². The summed E-state index contributed by atoms with van der Waals surface area (Å²) in [6, 6.07) is 6.95. The number of rotatable bonds is 3. The number of aromatic nitrogens is 1. The van der Waals surface area contributed by atoms with Crippen LogP contribution in [0.15, 0.2) is 30.5 Å². The third kappa shape index (κ3) is 2.97. The molecule has 2 aromatic rings. The van der Waals surface area contributed by atoms with E-state index in [1.54, 1.807) is 12.1 Å². The van der Waals surface area contributed by atoms with E-state index in [0.717, 1.165) is 37.7 Å². The van der Waals surface area contributed by atoms with Crippen molar-refractivity contribution in [2.24, 2.45) is 0 Å². The fraction of sp³-hybridized carbons (Fsp3) is 0.353. The van der Waals surface area contributed by atoms with E-state index in [-0.39, 0.29) is 11.4 Å². The van der Waals surface area contributed by atoms with Gasteiger partial charge in [-0.25, -0.2) is 4.98 Å². The molecule has 0 atom stereocenters. The van der Waals surface area contributed by atoms with E-state index in [4.69, 9.17) is 5.73 Å². The lowest BCUT2D eigenvalue weighted by atomic mass is 10.1. The first-order valence-corrected chi connectivity index (χ1v) is 7.93. The smallest absolute Gasteiger partial charge is 0.292 e. The van der Waals surface area contributed by atoms with E-state index in [9.17, 15) is 10.1 Å². The predicted molar refractivity (Wildman–Crippen MR) is 95.6 cm³/mol. The maximum absolute atomic E-state index is 10.9. The Balaban J connectivity index is 1.72. The van der Waals surface area contributed by atoms with Gasteiger partial charge in [-0.1, -0.05) is 0 Å².